The van der Waals surface area contributed by atoms with E-state index in [1.54, 1.807) is 35.4 Å². The van der Waals surface area contributed by atoms with Crippen LogP contribution in [0.2, 0.25) is 0 Å². The number of sulfone groups is 1. The summed E-state index contributed by atoms with van der Waals surface area (Å²) in [6.45, 7) is 6.64. The van der Waals surface area contributed by atoms with Crippen LogP contribution in [0.4, 0.5) is 11.4 Å². The molecule has 10 heteroatoms. The van der Waals surface area contributed by atoms with E-state index in [9.17, 15) is 18.0 Å². The van der Waals surface area contributed by atoms with E-state index in [-0.39, 0.29) is 16.4 Å². The molecule has 0 unspecified atom stereocenters. The van der Waals surface area contributed by atoms with Crippen LogP contribution < -0.4 is 15.8 Å². The van der Waals surface area contributed by atoms with Crippen LogP contribution in [0.15, 0.2) is 58.4 Å². The lowest BCUT2D eigenvalue weighted by Gasteiger charge is -2.18. The van der Waals surface area contributed by atoms with Crippen molar-refractivity contribution < 1.29 is 13.2 Å². The molecule has 0 aliphatic carbocycles. The third-order valence-electron chi connectivity index (χ3n) is 6.67. The number of aromatic nitrogens is 3. The maximum atomic E-state index is 12.9. The van der Waals surface area contributed by atoms with E-state index in [1.807, 2.05) is 39.0 Å². The largest absolute Gasteiger partial charge is 0.380 e. The van der Waals surface area contributed by atoms with Crippen molar-refractivity contribution in [3.8, 4) is 11.4 Å². The Bertz CT molecular complexity index is 1680. The molecule has 0 saturated heterocycles. The van der Waals surface area contributed by atoms with Crippen LogP contribution in [0.3, 0.4) is 0 Å². The van der Waals surface area contributed by atoms with Gasteiger partial charge >= 0.3 is 0 Å². The second-order valence-electron chi connectivity index (χ2n) is 9.51. The molecule has 3 heterocycles. The number of carbonyl (C=O) groups is 1. The molecule has 1 amide bonds. The number of benzene rings is 2. The summed E-state index contributed by atoms with van der Waals surface area (Å²) in [7, 11) is -3.33. The summed E-state index contributed by atoms with van der Waals surface area (Å²) in [5.74, 6) is 0.453. The zero-order chi connectivity index (χ0) is 25.8. The molecule has 0 bridgehead atoms. The fourth-order valence-corrected chi connectivity index (χ4v) is 5.40. The molecule has 1 aliphatic heterocycles. The van der Waals surface area contributed by atoms with E-state index >= 15 is 0 Å². The van der Waals surface area contributed by atoms with E-state index in [4.69, 9.17) is 4.98 Å². The van der Waals surface area contributed by atoms with Gasteiger partial charge in [-0.15, -0.1) is 0 Å². The number of carbonyl (C=O) groups excluding carboxylic acids is 1. The summed E-state index contributed by atoms with van der Waals surface area (Å²) < 4.78 is 23.8. The van der Waals surface area contributed by atoms with Gasteiger partial charge in [0.2, 0.25) is 5.91 Å². The number of imidazole rings is 1. The number of hydrogen-bond donors (Lipinski definition) is 3. The molecule has 0 fully saturated rings. The molecule has 0 spiro atoms. The first-order chi connectivity index (χ1) is 17.0. The lowest BCUT2D eigenvalue weighted by Crippen LogP contribution is -2.35. The van der Waals surface area contributed by atoms with Crippen molar-refractivity contribution in [2.45, 2.75) is 37.6 Å². The van der Waals surface area contributed by atoms with Crippen LogP contribution in [0.5, 0.6) is 0 Å². The number of hydrogen-bond acceptors (Lipinski definition) is 6. The summed E-state index contributed by atoms with van der Waals surface area (Å²) in [5, 5.41) is 3.24. The van der Waals surface area contributed by atoms with Crippen LogP contribution in [-0.2, 0) is 26.6 Å². The first kappa shape index (κ1) is 23.8. The maximum absolute atomic E-state index is 12.9. The van der Waals surface area contributed by atoms with E-state index in [0.717, 1.165) is 22.3 Å². The summed E-state index contributed by atoms with van der Waals surface area (Å²) in [4.78, 5) is 38.4. The van der Waals surface area contributed by atoms with Gasteiger partial charge in [-0.05, 0) is 62.2 Å². The van der Waals surface area contributed by atoms with Crippen molar-refractivity contribution >= 4 is 38.2 Å². The number of nitrogens with zero attached hydrogens (tertiary/aromatic N) is 2. The van der Waals surface area contributed by atoms with Crippen molar-refractivity contribution in [2.24, 2.45) is 0 Å². The van der Waals surface area contributed by atoms with Crippen molar-refractivity contribution in [3.63, 3.8) is 0 Å². The highest BCUT2D eigenvalue weighted by molar-refractivity contribution is 7.90. The fourth-order valence-electron chi connectivity index (χ4n) is 4.71. The number of nitrogens with one attached hydrogen (secondary N) is 3. The number of rotatable bonds is 6. The molecule has 3 N–H and O–H groups in total. The van der Waals surface area contributed by atoms with Gasteiger partial charge in [-0.2, -0.15) is 0 Å². The number of fused-ring (bicyclic) bond motifs is 2. The second-order valence-corrected chi connectivity index (χ2v) is 11.5. The summed E-state index contributed by atoms with van der Waals surface area (Å²) in [6, 6.07) is 12.2. The van der Waals surface area contributed by atoms with Crippen molar-refractivity contribution in [1.29, 1.82) is 0 Å². The number of pyridine rings is 1. The van der Waals surface area contributed by atoms with Gasteiger partial charge in [0.05, 0.1) is 32.7 Å². The molecule has 5 rings (SSSR count). The first-order valence-electron chi connectivity index (χ1n) is 11.6. The zero-order valence-electron chi connectivity index (χ0n) is 20.5. The van der Waals surface area contributed by atoms with Crippen LogP contribution in [0, 0.1) is 0 Å². The van der Waals surface area contributed by atoms with Crippen LogP contribution in [0.1, 0.15) is 31.9 Å². The van der Waals surface area contributed by atoms with Gasteiger partial charge < -0.3 is 20.2 Å². The van der Waals surface area contributed by atoms with Gasteiger partial charge in [0.1, 0.15) is 11.4 Å². The second kappa shape index (κ2) is 8.34. The predicted octanol–water partition coefficient (Wildman–Crippen LogP) is 3.58. The molecule has 2 aromatic heterocycles. The van der Waals surface area contributed by atoms with Crippen LogP contribution in [-0.4, -0.2) is 42.1 Å². The third kappa shape index (κ3) is 3.87. The molecule has 0 radical (unpaired) electrons. The van der Waals surface area contributed by atoms with Gasteiger partial charge in [0.25, 0.3) is 5.56 Å². The van der Waals surface area contributed by atoms with E-state index in [2.05, 4.69) is 15.3 Å². The van der Waals surface area contributed by atoms with Gasteiger partial charge in [-0.1, -0.05) is 12.1 Å². The number of aromatic amines is 2. The Labute approximate surface area is 208 Å². The molecular weight excluding hydrogens is 478 g/mol. The fraction of sp³-hybridized carbons (Fsp3) is 0.269. The Morgan fingerprint density at radius 1 is 1.11 bits per heavy atom. The topological polar surface area (TPSA) is 128 Å². The minimum Gasteiger partial charge on any atom is -0.380 e. The third-order valence-corrected chi connectivity index (χ3v) is 7.78. The number of anilines is 2. The van der Waals surface area contributed by atoms with E-state index in [1.165, 1.54) is 6.26 Å². The summed E-state index contributed by atoms with van der Waals surface area (Å²) in [5.41, 5.74) is 3.84. The Morgan fingerprint density at radius 3 is 2.61 bits per heavy atom. The zero-order valence-corrected chi connectivity index (χ0v) is 21.3. The lowest BCUT2D eigenvalue weighted by atomic mass is 9.86. The Balaban J connectivity index is 1.53. The monoisotopic (exact) mass is 505 g/mol. The quantitative estimate of drug-likeness (QED) is 0.368. The maximum Gasteiger partial charge on any atom is 0.261 e. The number of amides is 1. The molecule has 2 aromatic carbocycles. The summed E-state index contributed by atoms with van der Waals surface area (Å²) >= 11 is 0. The highest BCUT2D eigenvalue weighted by atomic mass is 32.2. The molecule has 0 atom stereocenters. The van der Waals surface area contributed by atoms with Crippen LogP contribution >= 0.6 is 0 Å². The molecule has 36 heavy (non-hydrogen) atoms. The number of H-pyrrole nitrogens is 2. The smallest absolute Gasteiger partial charge is 0.261 e. The molecule has 4 aromatic rings. The van der Waals surface area contributed by atoms with Crippen molar-refractivity contribution in [2.75, 3.05) is 23.0 Å². The Hall–Kier alpha value is -3.92. The van der Waals surface area contributed by atoms with E-state index < -0.39 is 15.3 Å². The Kier molecular flexibility index (Phi) is 5.51. The van der Waals surface area contributed by atoms with Gasteiger partial charge in [0.15, 0.2) is 9.84 Å². The Morgan fingerprint density at radius 2 is 1.89 bits per heavy atom. The molecular formula is C26H27N5O4S. The summed E-state index contributed by atoms with van der Waals surface area (Å²) in [6.07, 6.45) is 2.72. The van der Waals surface area contributed by atoms with Gasteiger partial charge in [-0.25, -0.2) is 13.4 Å². The first-order valence-corrected chi connectivity index (χ1v) is 13.5. The van der Waals surface area contributed by atoms with Crippen molar-refractivity contribution in [3.05, 3.63) is 70.1 Å². The highest BCUT2D eigenvalue weighted by Gasteiger charge is 2.43. The average molecular weight is 506 g/mol. The minimum absolute atomic E-state index is 0.0545. The molecule has 1 aliphatic rings. The highest BCUT2D eigenvalue weighted by Crippen LogP contribution is 2.43. The lowest BCUT2D eigenvalue weighted by molar-refractivity contribution is -0.122. The molecule has 9 nitrogen and oxygen atoms in total. The SMILES string of the molecule is CCN1C(=O)C(C)(C)c2cc3[nH]c(-c4c(NCc5cccc(S(C)(=O)=O)c5)cc[nH]c4=O)nc3cc21. The van der Waals surface area contributed by atoms with E-state index in [0.29, 0.717) is 35.7 Å². The molecule has 0 saturated carbocycles. The minimum atomic E-state index is -3.33. The predicted molar refractivity (Wildman–Crippen MR) is 140 cm³/mol. The van der Waals surface area contributed by atoms with Gasteiger partial charge in [0, 0.05) is 25.5 Å². The van der Waals surface area contributed by atoms with Gasteiger partial charge in [-0.3, -0.25) is 9.59 Å². The average Bonchev–Trinajstić information content (AvgIpc) is 3.32. The van der Waals surface area contributed by atoms with Crippen LogP contribution in [0.25, 0.3) is 22.4 Å². The number of likely N-dealkylation sites (N-methyl/N-ethyl adjacent to an activating group) is 1. The molecule has 186 valence electrons. The van der Waals surface area contributed by atoms with Crippen molar-refractivity contribution in [1.82, 2.24) is 15.0 Å². The normalized spacial score (nSPS) is 14.9. The standard InChI is InChI=1S/C26H27N5O4S/c1-5-31-21-13-20-19(12-17(21)26(2,3)25(31)33)29-23(30-20)22-18(9-10-27-24(22)32)28-14-15-7-6-8-16(11-15)36(4,34)35/h6-13H,5,14H2,1-4H3,(H,29,30)(H2,27,28,32).